The molecule has 0 aromatic heterocycles. The Balaban J connectivity index is 0.000000449. The normalized spacial score (nSPS) is 9.21. The third kappa shape index (κ3) is 8.85. The summed E-state index contributed by atoms with van der Waals surface area (Å²) in [4.78, 5) is 21.8. The van der Waals surface area contributed by atoms with Gasteiger partial charge in [-0.2, -0.15) is 5.26 Å². The highest BCUT2D eigenvalue weighted by Gasteiger charge is 2.02. The first-order valence-corrected chi connectivity index (χ1v) is 6.88. The lowest BCUT2D eigenvalue weighted by Gasteiger charge is -2.03. The summed E-state index contributed by atoms with van der Waals surface area (Å²) in [5.74, 6) is -0.480. The van der Waals surface area contributed by atoms with Crippen molar-refractivity contribution in [2.75, 3.05) is 12.4 Å². The van der Waals surface area contributed by atoms with E-state index in [9.17, 15) is 9.59 Å². The number of hydrogen-bond donors (Lipinski definition) is 2. The van der Waals surface area contributed by atoms with E-state index >= 15 is 0 Å². The summed E-state index contributed by atoms with van der Waals surface area (Å²) < 4.78 is 4.39. The number of phenolic OH excluding ortho intramolecular Hbond substituents is 1. The summed E-state index contributed by atoms with van der Waals surface area (Å²) in [7, 11) is 1.29. The zero-order valence-corrected chi connectivity index (χ0v) is 13.7. The van der Waals surface area contributed by atoms with E-state index in [1.54, 1.807) is 31.2 Å². The van der Waals surface area contributed by atoms with Crippen LogP contribution in [0.3, 0.4) is 0 Å². The van der Waals surface area contributed by atoms with Crippen molar-refractivity contribution in [1.29, 1.82) is 5.26 Å². The lowest BCUT2D eigenvalue weighted by molar-refractivity contribution is -0.136. The number of allylic oxidation sites excluding steroid dienone is 2. The van der Waals surface area contributed by atoms with Gasteiger partial charge in [0.2, 0.25) is 0 Å². The van der Waals surface area contributed by atoms with Crippen molar-refractivity contribution in [3.05, 3.63) is 60.7 Å². The van der Waals surface area contributed by atoms with Crippen molar-refractivity contribution < 1.29 is 19.4 Å². The molecule has 1 amide bonds. The number of phenols is 1. The fraction of sp³-hybridized carbons (Fsp3) is 0.167. The van der Waals surface area contributed by atoms with Crippen LogP contribution < -0.4 is 5.32 Å². The molecular weight excluding hydrogens is 308 g/mol. The Kier molecular flexibility index (Phi) is 9.70. The number of methoxy groups -OCH3 is 1. The Morgan fingerprint density at radius 2 is 1.92 bits per heavy atom. The minimum atomic E-state index is -0.437. The number of hydrogen-bond acceptors (Lipinski definition) is 5. The number of anilines is 1. The van der Waals surface area contributed by atoms with Crippen LogP contribution in [0.4, 0.5) is 5.69 Å². The van der Waals surface area contributed by atoms with E-state index in [1.807, 2.05) is 0 Å². The van der Waals surface area contributed by atoms with Crippen molar-refractivity contribution in [2.45, 2.75) is 13.3 Å². The lowest BCUT2D eigenvalue weighted by atomic mass is 10.2. The van der Waals surface area contributed by atoms with E-state index in [1.165, 1.54) is 25.3 Å². The first-order chi connectivity index (χ1) is 11.3. The molecule has 0 atom stereocenters. The number of aromatic hydroxyl groups is 1. The monoisotopic (exact) mass is 328 g/mol. The molecule has 1 aromatic carbocycles. The SMILES string of the molecule is C=C(C)C(=O)Nc1ccc(O)cc1.C=C(CC=CC#N)C(=O)OC. The van der Waals surface area contributed by atoms with Gasteiger partial charge < -0.3 is 15.2 Å². The van der Waals surface area contributed by atoms with Gasteiger partial charge in [0.15, 0.2) is 0 Å². The maximum Gasteiger partial charge on any atom is 0.333 e. The molecule has 24 heavy (non-hydrogen) atoms. The molecule has 0 aliphatic rings. The van der Waals surface area contributed by atoms with Crippen LogP contribution in [0.1, 0.15) is 13.3 Å². The molecule has 0 saturated carbocycles. The third-order valence-corrected chi connectivity index (χ3v) is 2.54. The number of carbonyl (C=O) groups excluding carboxylic acids is 2. The minimum absolute atomic E-state index is 0.174. The summed E-state index contributed by atoms with van der Waals surface area (Å²) in [6.45, 7) is 8.60. The first kappa shape index (κ1) is 20.7. The van der Waals surface area contributed by atoms with E-state index in [0.717, 1.165) is 0 Å². The molecule has 1 aromatic rings. The Hall–Kier alpha value is -3.33. The van der Waals surface area contributed by atoms with Crippen molar-refractivity contribution in [2.24, 2.45) is 0 Å². The molecule has 0 bridgehead atoms. The van der Waals surface area contributed by atoms with Gasteiger partial charge in [-0.25, -0.2) is 4.79 Å². The van der Waals surface area contributed by atoms with Gasteiger partial charge in [-0.3, -0.25) is 4.79 Å². The Labute approximate surface area is 141 Å². The number of nitrogens with zero attached hydrogens (tertiary/aromatic N) is 1. The second kappa shape index (κ2) is 11.3. The largest absolute Gasteiger partial charge is 0.508 e. The molecule has 126 valence electrons. The van der Waals surface area contributed by atoms with Crippen LogP contribution in [-0.2, 0) is 14.3 Å². The molecule has 0 aliphatic carbocycles. The fourth-order valence-corrected chi connectivity index (χ4v) is 1.26. The Morgan fingerprint density at radius 1 is 1.33 bits per heavy atom. The van der Waals surface area contributed by atoms with Crippen LogP contribution in [0.5, 0.6) is 5.75 Å². The van der Waals surface area contributed by atoms with Crippen LogP contribution >= 0.6 is 0 Å². The highest BCUT2D eigenvalue weighted by Crippen LogP contribution is 2.14. The van der Waals surface area contributed by atoms with E-state index < -0.39 is 5.97 Å². The van der Waals surface area contributed by atoms with Gasteiger partial charge in [0.05, 0.1) is 13.2 Å². The highest BCUT2D eigenvalue weighted by molar-refractivity contribution is 6.02. The second-order valence-corrected chi connectivity index (χ2v) is 4.61. The third-order valence-electron chi connectivity index (χ3n) is 2.54. The molecule has 0 radical (unpaired) electrons. The Morgan fingerprint density at radius 3 is 2.38 bits per heavy atom. The molecule has 6 nitrogen and oxygen atoms in total. The van der Waals surface area contributed by atoms with Gasteiger partial charge in [0.25, 0.3) is 5.91 Å². The van der Waals surface area contributed by atoms with Gasteiger partial charge in [0.1, 0.15) is 5.75 Å². The standard InChI is InChI=1S/C10H11NO2.C8H9NO2/c1-7(2)10(13)11-8-3-5-9(12)6-4-8;1-7(8(10)11-2)5-3-4-6-9/h3-6,12H,1H2,2H3,(H,11,13);3-4H,1,5H2,2H3. The van der Waals surface area contributed by atoms with Crippen molar-refractivity contribution in [3.63, 3.8) is 0 Å². The first-order valence-electron chi connectivity index (χ1n) is 6.88. The average molecular weight is 328 g/mol. The molecule has 2 N–H and O–H groups in total. The van der Waals surface area contributed by atoms with E-state index in [-0.39, 0.29) is 11.7 Å². The number of rotatable bonds is 5. The predicted octanol–water partition coefficient (Wildman–Crippen LogP) is 3.09. The molecule has 0 saturated heterocycles. The summed E-state index contributed by atoms with van der Waals surface area (Å²) in [6.07, 6.45) is 3.22. The number of nitrogens with one attached hydrogen (secondary N) is 1. The number of nitriles is 1. The molecule has 0 heterocycles. The maximum atomic E-state index is 11.1. The van der Waals surface area contributed by atoms with Gasteiger partial charge in [-0.1, -0.05) is 19.2 Å². The Bertz CT molecular complexity index is 667. The van der Waals surface area contributed by atoms with E-state index in [2.05, 4.69) is 23.2 Å². The summed E-state index contributed by atoms with van der Waals surface area (Å²) in [5, 5.41) is 19.7. The van der Waals surface area contributed by atoms with Crippen LogP contribution in [-0.4, -0.2) is 24.1 Å². The molecule has 0 spiro atoms. The van der Waals surface area contributed by atoms with Gasteiger partial charge in [-0.05, 0) is 37.6 Å². The van der Waals surface area contributed by atoms with Crippen LogP contribution in [0.15, 0.2) is 60.7 Å². The molecule has 1 rings (SSSR count). The molecule has 0 fully saturated rings. The molecule has 0 aliphatic heterocycles. The van der Waals surface area contributed by atoms with E-state index in [4.69, 9.17) is 10.4 Å². The number of carbonyl (C=O) groups is 2. The lowest BCUT2D eigenvalue weighted by Crippen LogP contribution is -2.11. The smallest absolute Gasteiger partial charge is 0.333 e. The van der Waals surface area contributed by atoms with Crippen LogP contribution in [0, 0.1) is 11.3 Å². The summed E-state index contributed by atoms with van der Waals surface area (Å²) in [6, 6.07) is 8.06. The van der Waals surface area contributed by atoms with Gasteiger partial charge in [-0.15, -0.1) is 0 Å². The molecular formula is C18H20N2O4. The van der Waals surface area contributed by atoms with E-state index in [0.29, 0.717) is 23.3 Å². The zero-order chi connectivity index (χ0) is 18.5. The summed E-state index contributed by atoms with van der Waals surface area (Å²) >= 11 is 0. The number of amides is 1. The molecule has 0 unspecified atom stereocenters. The zero-order valence-electron chi connectivity index (χ0n) is 13.7. The number of benzene rings is 1. The van der Waals surface area contributed by atoms with Crippen molar-refractivity contribution in [3.8, 4) is 11.8 Å². The number of ether oxygens (including phenoxy) is 1. The quantitative estimate of drug-likeness (QED) is 0.374. The van der Waals surface area contributed by atoms with Gasteiger partial charge in [0, 0.05) is 22.9 Å². The average Bonchev–Trinajstić information content (AvgIpc) is 2.56. The minimum Gasteiger partial charge on any atom is -0.508 e. The van der Waals surface area contributed by atoms with Crippen molar-refractivity contribution in [1.82, 2.24) is 0 Å². The number of esters is 1. The second-order valence-electron chi connectivity index (χ2n) is 4.61. The highest BCUT2D eigenvalue weighted by atomic mass is 16.5. The maximum absolute atomic E-state index is 11.1. The van der Waals surface area contributed by atoms with Crippen LogP contribution in [0.2, 0.25) is 0 Å². The van der Waals surface area contributed by atoms with Crippen molar-refractivity contribution >= 4 is 17.6 Å². The fourth-order valence-electron chi connectivity index (χ4n) is 1.26. The molecule has 6 heteroatoms. The van der Waals surface area contributed by atoms with Crippen LogP contribution in [0.25, 0.3) is 0 Å². The summed E-state index contributed by atoms with van der Waals surface area (Å²) in [5.41, 5.74) is 1.44. The topological polar surface area (TPSA) is 99.4 Å². The predicted molar refractivity (Wildman–Crippen MR) is 92.1 cm³/mol. The van der Waals surface area contributed by atoms with Gasteiger partial charge >= 0.3 is 5.97 Å².